The predicted octanol–water partition coefficient (Wildman–Crippen LogP) is 0.866. The molecule has 0 radical (unpaired) electrons. The third-order valence-corrected chi connectivity index (χ3v) is 3.69. The molecule has 2 heterocycles. The summed E-state index contributed by atoms with van der Waals surface area (Å²) in [4.78, 5) is 11.6. The molecule has 3 unspecified atom stereocenters. The molecule has 0 aromatic carbocycles. The second-order valence-electron chi connectivity index (χ2n) is 5.16. The summed E-state index contributed by atoms with van der Waals surface area (Å²) in [5.41, 5.74) is -0.121. The van der Waals surface area contributed by atoms with Crippen LogP contribution < -0.4 is 5.32 Å². The largest absolute Gasteiger partial charge is 0.465 e. The third-order valence-electron chi connectivity index (χ3n) is 3.69. The van der Waals surface area contributed by atoms with Gasteiger partial charge in [-0.25, -0.2) is 0 Å². The fraction of sp³-hybridized carbons (Fsp3) is 0.923. The second kappa shape index (κ2) is 5.99. The molecule has 0 aromatic heterocycles. The van der Waals surface area contributed by atoms with Gasteiger partial charge >= 0.3 is 5.97 Å². The first-order valence-corrected chi connectivity index (χ1v) is 6.79. The first-order chi connectivity index (χ1) is 8.65. The summed E-state index contributed by atoms with van der Waals surface area (Å²) < 4.78 is 16.3. The van der Waals surface area contributed by atoms with Gasteiger partial charge in [0.1, 0.15) is 6.04 Å². The van der Waals surface area contributed by atoms with E-state index >= 15 is 0 Å². The lowest BCUT2D eigenvalue weighted by Crippen LogP contribution is -2.51. The van der Waals surface area contributed by atoms with Crippen molar-refractivity contribution in [2.45, 2.75) is 50.8 Å². The summed E-state index contributed by atoms with van der Waals surface area (Å²) >= 11 is 0. The average Bonchev–Trinajstić information content (AvgIpc) is 2.77. The highest BCUT2D eigenvalue weighted by Gasteiger charge is 2.41. The van der Waals surface area contributed by atoms with E-state index in [4.69, 9.17) is 14.2 Å². The SMILES string of the molecule is CCOC(=O)C(C)NC1CCOC2(CCOC2)C1. The smallest absolute Gasteiger partial charge is 0.322 e. The highest BCUT2D eigenvalue weighted by Crippen LogP contribution is 2.32. The zero-order valence-corrected chi connectivity index (χ0v) is 11.2. The minimum atomic E-state index is -0.257. The van der Waals surface area contributed by atoms with Crippen LogP contribution in [0.1, 0.15) is 33.1 Å². The maximum atomic E-state index is 11.6. The molecule has 0 aliphatic carbocycles. The first kappa shape index (κ1) is 13.8. The molecular formula is C13H23NO4. The van der Waals surface area contributed by atoms with E-state index in [1.165, 1.54) is 0 Å². The maximum Gasteiger partial charge on any atom is 0.322 e. The Hall–Kier alpha value is -0.650. The standard InChI is InChI=1S/C13H23NO4/c1-3-17-12(15)10(2)14-11-4-6-18-13(8-11)5-7-16-9-13/h10-11,14H,3-9H2,1-2H3. The number of hydrogen-bond donors (Lipinski definition) is 1. The van der Waals surface area contributed by atoms with Crippen LogP contribution in [0.25, 0.3) is 0 Å². The monoisotopic (exact) mass is 257 g/mol. The van der Waals surface area contributed by atoms with E-state index in [9.17, 15) is 4.79 Å². The van der Waals surface area contributed by atoms with E-state index < -0.39 is 0 Å². The molecule has 1 N–H and O–H groups in total. The quantitative estimate of drug-likeness (QED) is 0.757. The number of rotatable bonds is 4. The predicted molar refractivity (Wildman–Crippen MR) is 66.4 cm³/mol. The van der Waals surface area contributed by atoms with E-state index in [1.807, 2.05) is 13.8 Å². The number of carbonyl (C=O) groups is 1. The highest BCUT2D eigenvalue weighted by molar-refractivity contribution is 5.75. The summed E-state index contributed by atoms with van der Waals surface area (Å²) in [6.45, 7) is 6.29. The Kier molecular flexibility index (Phi) is 4.59. The van der Waals surface area contributed by atoms with Gasteiger partial charge < -0.3 is 19.5 Å². The fourth-order valence-electron chi connectivity index (χ4n) is 2.72. The van der Waals surface area contributed by atoms with Crippen molar-refractivity contribution in [1.29, 1.82) is 0 Å². The van der Waals surface area contributed by atoms with Crippen molar-refractivity contribution in [2.75, 3.05) is 26.4 Å². The van der Waals surface area contributed by atoms with Crippen molar-refractivity contribution in [2.24, 2.45) is 0 Å². The fourth-order valence-corrected chi connectivity index (χ4v) is 2.72. The van der Waals surface area contributed by atoms with Crippen LogP contribution in [-0.4, -0.2) is 50.1 Å². The summed E-state index contributed by atoms with van der Waals surface area (Å²) in [5, 5.41) is 3.34. The van der Waals surface area contributed by atoms with Gasteiger partial charge in [-0.2, -0.15) is 0 Å². The van der Waals surface area contributed by atoms with E-state index in [0.29, 0.717) is 19.3 Å². The molecule has 0 aromatic rings. The molecular weight excluding hydrogens is 234 g/mol. The van der Waals surface area contributed by atoms with Crippen LogP contribution in [0.3, 0.4) is 0 Å². The van der Waals surface area contributed by atoms with Crippen molar-refractivity contribution in [3.63, 3.8) is 0 Å². The van der Waals surface area contributed by atoms with Gasteiger partial charge in [0.2, 0.25) is 0 Å². The molecule has 2 aliphatic rings. The normalized spacial score (nSPS) is 33.6. The molecule has 18 heavy (non-hydrogen) atoms. The Morgan fingerprint density at radius 1 is 1.56 bits per heavy atom. The van der Waals surface area contributed by atoms with Crippen LogP contribution in [0.2, 0.25) is 0 Å². The summed E-state index contributed by atoms with van der Waals surface area (Å²) in [5.74, 6) is -0.180. The summed E-state index contributed by atoms with van der Waals surface area (Å²) in [7, 11) is 0. The highest BCUT2D eigenvalue weighted by atomic mass is 16.6. The van der Waals surface area contributed by atoms with Crippen LogP contribution in [0.4, 0.5) is 0 Å². The van der Waals surface area contributed by atoms with Gasteiger partial charge in [0, 0.05) is 25.7 Å². The van der Waals surface area contributed by atoms with Crippen LogP contribution in [0, 0.1) is 0 Å². The van der Waals surface area contributed by atoms with Gasteiger partial charge in [0.25, 0.3) is 0 Å². The molecule has 104 valence electrons. The molecule has 3 atom stereocenters. The topological polar surface area (TPSA) is 56.8 Å². The summed E-state index contributed by atoms with van der Waals surface area (Å²) in [6.07, 6.45) is 2.81. The number of carbonyl (C=O) groups excluding carboxylic acids is 1. The van der Waals surface area contributed by atoms with Crippen molar-refractivity contribution in [3.05, 3.63) is 0 Å². The molecule has 2 saturated heterocycles. The van der Waals surface area contributed by atoms with E-state index in [1.54, 1.807) is 0 Å². The minimum Gasteiger partial charge on any atom is -0.465 e. The Morgan fingerprint density at radius 2 is 2.39 bits per heavy atom. The zero-order chi connectivity index (χ0) is 13.0. The lowest BCUT2D eigenvalue weighted by atomic mass is 9.89. The molecule has 0 amide bonds. The van der Waals surface area contributed by atoms with Gasteiger partial charge in [0.05, 0.1) is 18.8 Å². The van der Waals surface area contributed by atoms with E-state index in [-0.39, 0.29) is 17.6 Å². The Bertz CT molecular complexity index is 289. The lowest BCUT2D eigenvalue weighted by molar-refractivity contribution is -0.146. The lowest BCUT2D eigenvalue weighted by Gasteiger charge is -2.38. The average molecular weight is 257 g/mol. The Morgan fingerprint density at radius 3 is 3.06 bits per heavy atom. The van der Waals surface area contributed by atoms with Crippen LogP contribution in [0.15, 0.2) is 0 Å². The third kappa shape index (κ3) is 3.22. The van der Waals surface area contributed by atoms with E-state index in [2.05, 4.69) is 5.32 Å². The second-order valence-corrected chi connectivity index (χ2v) is 5.16. The molecule has 2 fully saturated rings. The van der Waals surface area contributed by atoms with E-state index in [0.717, 1.165) is 32.5 Å². The Labute approximate surface area is 108 Å². The van der Waals surface area contributed by atoms with Gasteiger partial charge in [-0.15, -0.1) is 0 Å². The van der Waals surface area contributed by atoms with Gasteiger partial charge in [-0.1, -0.05) is 0 Å². The van der Waals surface area contributed by atoms with Crippen molar-refractivity contribution in [3.8, 4) is 0 Å². The van der Waals surface area contributed by atoms with Crippen molar-refractivity contribution >= 4 is 5.97 Å². The molecule has 2 aliphatic heterocycles. The molecule has 5 nitrogen and oxygen atoms in total. The number of hydrogen-bond acceptors (Lipinski definition) is 5. The molecule has 1 spiro atoms. The number of ether oxygens (including phenoxy) is 3. The van der Waals surface area contributed by atoms with Crippen LogP contribution in [0.5, 0.6) is 0 Å². The van der Waals surface area contributed by atoms with Crippen LogP contribution >= 0.6 is 0 Å². The number of esters is 1. The Balaban J connectivity index is 1.84. The zero-order valence-electron chi connectivity index (χ0n) is 11.2. The molecule has 5 heteroatoms. The first-order valence-electron chi connectivity index (χ1n) is 6.79. The summed E-state index contributed by atoms with van der Waals surface area (Å²) in [6, 6.07) is 0.0484. The van der Waals surface area contributed by atoms with Crippen LogP contribution in [-0.2, 0) is 19.0 Å². The molecule has 2 rings (SSSR count). The maximum absolute atomic E-state index is 11.6. The van der Waals surface area contributed by atoms with Gasteiger partial charge in [-0.3, -0.25) is 4.79 Å². The van der Waals surface area contributed by atoms with Gasteiger partial charge in [0.15, 0.2) is 0 Å². The molecule has 0 saturated carbocycles. The molecule has 0 bridgehead atoms. The minimum absolute atomic E-state index is 0.121. The van der Waals surface area contributed by atoms with Crippen molar-refractivity contribution in [1.82, 2.24) is 5.32 Å². The number of nitrogens with one attached hydrogen (secondary N) is 1. The van der Waals surface area contributed by atoms with Crippen molar-refractivity contribution < 1.29 is 19.0 Å². The van der Waals surface area contributed by atoms with Gasteiger partial charge in [-0.05, 0) is 26.7 Å².